The Balaban J connectivity index is 2.04. The third-order valence-corrected chi connectivity index (χ3v) is 4.97. The van der Waals surface area contributed by atoms with Crippen molar-refractivity contribution >= 4 is 23.4 Å². The van der Waals surface area contributed by atoms with Crippen LogP contribution in [0.15, 0.2) is 18.2 Å². The van der Waals surface area contributed by atoms with E-state index in [2.05, 4.69) is 10.6 Å². The number of urea groups is 1. The van der Waals surface area contributed by atoms with Gasteiger partial charge in [0.1, 0.15) is 5.78 Å². The zero-order valence-corrected chi connectivity index (χ0v) is 16.3. The second-order valence-corrected chi connectivity index (χ2v) is 7.35. The Kier molecular flexibility index (Phi) is 6.40. The van der Waals surface area contributed by atoms with Crippen LogP contribution < -0.4 is 10.6 Å². The van der Waals surface area contributed by atoms with Crippen molar-refractivity contribution in [3.05, 3.63) is 29.3 Å². The molecular formula is C20H29N3O3. The van der Waals surface area contributed by atoms with Gasteiger partial charge in [-0.05, 0) is 44.0 Å². The summed E-state index contributed by atoms with van der Waals surface area (Å²) in [6.07, 6.45) is 0.869. The summed E-state index contributed by atoms with van der Waals surface area (Å²) in [5, 5.41) is 5.83. The minimum atomic E-state index is -0.212. The van der Waals surface area contributed by atoms with E-state index in [0.717, 1.165) is 12.0 Å². The van der Waals surface area contributed by atoms with Gasteiger partial charge in [0.2, 0.25) is 0 Å². The zero-order chi connectivity index (χ0) is 19.4. The van der Waals surface area contributed by atoms with E-state index in [4.69, 9.17) is 0 Å². The molecule has 1 fully saturated rings. The van der Waals surface area contributed by atoms with Crippen molar-refractivity contribution in [1.82, 2.24) is 10.2 Å². The first-order chi connectivity index (χ1) is 12.2. The first-order valence-electron chi connectivity index (χ1n) is 9.24. The lowest BCUT2D eigenvalue weighted by molar-refractivity contribution is -0.129. The van der Waals surface area contributed by atoms with E-state index in [-0.39, 0.29) is 35.6 Å². The number of nitrogens with zero attached hydrogens (tertiary/aromatic N) is 1. The Morgan fingerprint density at radius 2 is 1.85 bits per heavy atom. The number of hydrogen-bond acceptors (Lipinski definition) is 3. The molecule has 6 heteroatoms. The summed E-state index contributed by atoms with van der Waals surface area (Å²) in [4.78, 5) is 38.3. The largest absolute Gasteiger partial charge is 0.350 e. The Bertz CT molecular complexity index is 688. The molecular weight excluding hydrogens is 330 g/mol. The molecule has 0 saturated carbocycles. The smallest absolute Gasteiger partial charge is 0.321 e. The molecule has 1 saturated heterocycles. The average Bonchev–Trinajstić information content (AvgIpc) is 2.60. The number of likely N-dealkylation sites (tertiary alicyclic amines) is 1. The lowest BCUT2D eigenvalue weighted by Crippen LogP contribution is -2.49. The van der Waals surface area contributed by atoms with Gasteiger partial charge in [-0.2, -0.15) is 0 Å². The van der Waals surface area contributed by atoms with Crippen molar-refractivity contribution in [2.75, 3.05) is 18.4 Å². The highest BCUT2D eigenvalue weighted by Gasteiger charge is 2.32. The van der Waals surface area contributed by atoms with Crippen molar-refractivity contribution in [2.24, 2.45) is 11.8 Å². The number of benzene rings is 1. The van der Waals surface area contributed by atoms with Crippen LogP contribution >= 0.6 is 0 Å². The molecule has 0 aromatic heterocycles. The number of nitrogens with one attached hydrogen (secondary N) is 2. The number of rotatable bonds is 4. The van der Waals surface area contributed by atoms with Crippen LogP contribution in [0, 0.1) is 18.8 Å². The number of carbonyl (C=O) groups excluding carboxylic acids is 3. The minimum Gasteiger partial charge on any atom is -0.350 e. The molecule has 1 heterocycles. The first kappa shape index (κ1) is 19.9. The summed E-state index contributed by atoms with van der Waals surface area (Å²) in [6.45, 7) is 10.4. The van der Waals surface area contributed by atoms with E-state index < -0.39 is 0 Å². The lowest BCUT2D eigenvalue weighted by atomic mass is 9.90. The van der Waals surface area contributed by atoms with Crippen molar-refractivity contribution in [3.8, 4) is 0 Å². The number of carbonyl (C=O) groups is 3. The molecule has 1 aromatic rings. The Labute approximate surface area is 155 Å². The number of hydrogen-bond donors (Lipinski definition) is 2. The average molecular weight is 359 g/mol. The highest BCUT2D eigenvalue weighted by molar-refractivity contribution is 5.96. The van der Waals surface area contributed by atoms with Crippen LogP contribution in [0.5, 0.6) is 0 Å². The van der Waals surface area contributed by atoms with Crippen LogP contribution in [0.2, 0.25) is 0 Å². The van der Waals surface area contributed by atoms with Gasteiger partial charge in [0.15, 0.2) is 0 Å². The van der Waals surface area contributed by atoms with E-state index in [9.17, 15) is 14.4 Å². The van der Waals surface area contributed by atoms with Gasteiger partial charge in [-0.15, -0.1) is 0 Å². The number of ketones is 1. The number of anilines is 1. The topological polar surface area (TPSA) is 78.5 Å². The third kappa shape index (κ3) is 4.62. The van der Waals surface area contributed by atoms with E-state index in [1.807, 2.05) is 34.6 Å². The minimum absolute atomic E-state index is 0.113. The van der Waals surface area contributed by atoms with E-state index in [1.54, 1.807) is 23.1 Å². The van der Waals surface area contributed by atoms with Gasteiger partial charge in [-0.3, -0.25) is 9.59 Å². The molecule has 1 unspecified atom stereocenters. The highest BCUT2D eigenvalue weighted by atomic mass is 16.2. The van der Waals surface area contributed by atoms with Crippen molar-refractivity contribution in [2.45, 2.75) is 47.1 Å². The van der Waals surface area contributed by atoms with Crippen molar-refractivity contribution < 1.29 is 14.4 Å². The molecule has 1 aliphatic heterocycles. The molecule has 26 heavy (non-hydrogen) atoms. The summed E-state index contributed by atoms with van der Waals surface area (Å²) in [7, 11) is 0. The third-order valence-electron chi connectivity index (χ3n) is 4.97. The van der Waals surface area contributed by atoms with Crippen LogP contribution in [-0.4, -0.2) is 41.8 Å². The fourth-order valence-electron chi connectivity index (χ4n) is 3.12. The normalized spacial score (nSPS) is 21.3. The molecule has 0 bridgehead atoms. The quantitative estimate of drug-likeness (QED) is 0.866. The second kappa shape index (κ2) is 8.34. The van der Waals surface area contributed by atoms with Crippen molar-refractivity contribution in [1.29, 1.82) is 0 Å². The molecule has 3 atom stereocenters. The Morgan fingerprint density at radius 3 is 2.38 bits per heavy atom. The number of Topliss-reactive ketones (excluding diaryl/α,β-unsaturated/α-hetero) is 1. The fraction of sp³-hybridized carbons (Fsp3) is 0.550. The maximum Gasteiger partial charge on any atom is 0.321 e. The lowest BCUT2D eigenvalue weighted by Gasteiger charge is -2.34. The van der Waals surface area contributed by atoms with Gasteiger partial charge in [0.25, 0.3) is 5.91 Å². The SMILES string of the molecule is CCC(C)NC(=O)c1ccc(NC(=O)N2C[C@@H](C)C(=O)[C@H](C)C2)c(C)c1. The maximum absolute atomic E-state index is 12.5. The molecule has 142 valence electrons. The van der Waals surface area contributed by atoms with E-state index >= 15 is 0 Å². The Hall–Kier alpha value is -2.37. The predicted octanol–water partition coefficient (Wildman–Crippen LogP) is 3.21. The number of amides is 3. The van der Waals surface area contributed by atoms with Gasteiger partial charge in [-0.25, -0.2) is 4.79 Å². The molecule has 0 spiro atoms. The molecule has 2 N–H and O–H groups in total. The fourth-order valence-corrected chi connectivity index (χ4v) is 3.12. The summed E-state index contributed by atoms with van der Waals surface area (Å²) in [6, 6.07) is 5.15. The van der Waals surface area contributed by atoms with Gasteiger partial charge in [0.05, 0.1) is 0 Å². The zero-order valence-electron chi connectivity index (χ0n) is 16.3. The summed E-state index contributed by atoms with van der Waals surface area (Å²) >= 11 is 0. The van der Waals surface area contributed by atoms with Crippen molar-refractivity contribution in [3.63, 3.8) is 0 Å². The molecule has 6 nitrogen and oxygen atoms in total. The number of aryl methyl sites for hydroxylation is 1. The second-order valence-electron chi connectivity index (χ2n) is 7.35. The molecule has 1 aromatic carbocycles. The molecule has 0 aliphatic carbocycles. The van der Waals surface area contributed by atoms with E-state index in [0.29, 0.717) is 24.3 Å². The monoisotopic (exact) mass is 359 g/mol. The summed E-state index contributed by atoms with van der Waals surface area (Å²) < 4.78 is 0. The van der Waals surface area contributed by atoms with Gasteiger partial charge in [-0.1, -0.05) is 20.8 Å². The summed E-state index contributed by atoms with van der Waals surface area (Å²) in [5.41, 5.74) is 2.07. The van der Waals surface area contributed by atoms with E-state index in [1.165, 1.54) is 0 Å². The van der Waals surface area contributed by atoms with Gasteiger partial charge in [0, 0.05) is 42.2 Å². The van der Waals surface area contributed by atoms with Crippen LogP contribution in [-0.2, 0) is 4.79 Å². The van der Waals surface area contributed by atoms with Crippen LogP contribution in [0.3, 0.4) is 0 Å². The number of piperidine rings is 1. The van der Waals surface area contributed by atoms with Crippen LogP contribution in [0.1, 0.15) is 50.0 Å². The predicted molar refractivity (Wildman–Crippen MR) is 102 cm³/mol. The molecule has 0 radical (unpaired) electrons. The standard InChI is InChI=1S/C20H29N3O3/c1-6-15(5)21-19(25)16-7-8-17(12(2)9-16)22-20(26)23-10-13(3)18(24)14(4)11-23/h7-9,13-15H,6,10-11H2,1-5H3,(H,21,25)(H,22,26)/t13-,14-,15?/m1/s1. The van der Waals surface area contributed by atoms with Gasteiger partial charge < -0.3 is 15.5 Å². The maximum atomic E-state index is 12.5. The molecule has 1 aliphatic rings. The van der Waals surface area contributed by atoms with Crippen LogP contribution in [0.25, 0.3) is 0 Å². The highest BCUT2D eigenvalue weighted by Crippen LogP contribution is 2.21. The molecule has 3 amide bonds. The first-order valence-corrected chi connectivity index (χ1v) is 9.24. The summed E-state index contributed by atoms with van der Waals surface area (Å²) in [5.74, 6) is -0.186. The Morgan fingerprint density at radius 1 is 1.23 bits per heavy atom. The van der Waals surface area contributed by atoms with Crippen LogP contribution in [0.4, 0.5) is 10.5 Å². The molecule has 2 rings (SSSR count). The van der Waals surface area contributed by atoms with Gasteiger partial charge >= 0.3 is 6.03 Å².